The average Bonchev–Trinajstić information content (AvgIpc) is 3.09. The molecule has 132 valence electrons. The second-order valence-corrected chi connectivity index (χ2v) is 5.78. The van der Waals surface area contributed by atoms with Crippen molar-refractivity contribution in [2.45, 2.75) is 13.5 Å². The number of rotatable bonds is 6. The standard InChI is InChI=1S/C20H20N4O2/c1-15(17-7-3-4-8-18(17)26-2)12-20(25)22-19-9-11-24(23-19)14-16-6-5-10-21-13-16/h3-13H,14H2,1-2H3,(H,22,23,25). The van der Waals surface area contributed by atoms with Gasteiger partial charge in [-0.15, -0.1) is 0 Å². The third kappa shape index (κ3) is 4.36. The minimum absolute atomic E-state index is 0.236. The molecule has 6 heteroatoms. The summed E-state index contributed by atoms with van der Waals surface area (Å²) in [6.45, 7) is 2.47. The molecule has 0 spiro atoms. The predicted molar refractivity (Wildman–Crippen MR) is 101 cm³/mol. The lowest BCUT2D eigenvalue weighted by Gasteiger charge is -2.08. The number of nitrogens with one attached hydrogen (secondary N) is 1. The van der Waals surface area contributed by atoms with Crippen molar-refractivity contribution in [2.75, 3.05) is 12.4 Å². The molecule has 1 N–H and O–H groups in total. The Morgan fingerprint density at radius 3 is 2.85 bits per heavy atom. The molecule has 26 heavy (non-hydrogen) atoms. The van der Waals surface area contributed by atoms with Crippen molar-refractivity contribution >= 4 is 17.3 Å². The minimum atomic E-state index is -0.236. The Balaban J connectivity index is 1.66. The highest BCUT2D eigenvalue weighted by atomic mass is 16.5. The molecule has 1 aromatic carbocycles. The first-order chi connectivity index (χ1) is 12.7. The maximum Gasteiger partial charge on any atom is 0.249 e. The lowest BCUT2D eigenvalue weighted by Crippen LogP contribution is -2.10. The van der Waals surface area contributed by atoms with E-state index in [2.05, 4.69) is 15.4 Å². The first-order valence-corrected chi connectivity index (χ1v) is 8.21. The third-order valence-electron chi connectivity index (χ3n) is 3.84. The van der Waals surface area contributed by atoms with Crippen LogP contribution in [0.3, 0.4) is 0 Å². The predicted octanol–water partition coefficient (Wildman–Crippen LogP) is 3.38. The molecule has 0 aliphatic carbocycles. The number of ether oxygens (including phenoxy) is 1. The molecule has 0 aliphatic rings. The SMILES string of the molecule is COc1ccccc1C(C)=CC(=O)Nc1ccn(Cc2cccnc2)n1. The zero-order valence-electron chi connectivity index (χ0n) is 14.7. The number of pyridine rings is 1. The van der Waals surface area contributed by atoms with Crippen LogP contribution in [0, 0.1) is 0 Å². The normalized spacial score (nSPS) is 11.2. The Kier molecular flexibility index (Phi) is 5.43. The van der Waals surface area contributed by atoms with Gasteiger partial charge in [-0.05, 0) is 30.2 Å². The third-order valence-corrected chi connectivity index (χ3v) is 3.84. The Hall–Kier alpha value is -3.41. The van der Waals surface area contributed by atoms with Crippen molar-refractivity contribution in [2.24, 2.45) is 0 Å². The largest absolute Gasteiger partial charge is 0.496 e. The highest BCUT2D eigenvalue weighted by Gasteiger charge is 2.07. The second kappa shape index (κ2) is 8.11. The van der Waals surface area contributed by atoms with E-state index in [9.17, 15) is 4.79 Å². The summed E-state index contributed by atoms with van der Waals surface area (Å²) in [6, 6.07) is 13.2. The van der Waals surface area contributed by atoms with E-state index < -0.39 is 0 Å². The lowest BCUT2D eigenvalue weighted by molar-refractivity contribution is -0.111. The molecule has 6 nitrogen and oxygen atoms in total. The van der Waals surface area contributed by atoms with E-state index in [1.165, 1.54) is 6.08 Å². The highest BCUT2D eigenvalue weighted by molar-refractivity contribution is 6.03. The molecule has 2 heterocycles. The summed E-state index contributed by atoms with van der Waals surface area (Å²) in [6.07, 6.45) is 6.88. The maximum absolute atomic E-state index is 12.3. The second-order valence-electron chi connectivity index (χ2n) is 5.78. The Labute approximate surface area is 152 Å². The number of methoxy groups -OCH3 is 1. The number of para-hydroxylation sites is 1. The summed E-state index contributed by atoms with van der Waals surface area (Å²) >= 11 is 0. The number of aromatic nitrogens is 3. The van der Waals surface area contributed by atoms with Gasteiger partial charge in [-0.2, -0.15) is 5.10 Å². The zero-order chi connectivity index (χ0) is 18.4. The van der Waals surface area contributed by atoms with Gasteiger partial charge in [0.15, 0.2) is 5.82 Å². The number of benzene rings is 1. The number of nitrogens with zero attached hydrogens (tertiary/aromatic N) is 3. The molecule has 0 saturated heterocycles. The molecule has 0 atom stereocenters. The molecular formula is C20H20N4O2. The van der Waals surface area contributed by atoms with E-state index in [1.807, 2.05) is 49.5 Å². The number of anilines is 1. The highest BCUT2D eigenvalue weighted by Crippen LogP contribution is 2.25. The molecule has 0 saturated carbocycles. The Bertz CT molecular complexity index is 916. The van der Waals surface area contributed by atoms with Gasteiger partial charge in [0.1, 0.15) is 5.75 Å². The van der Waals surface area contributed by atoms with Crippen LogP contribution in [0.15, 0.2) is 67.1 Å². The molecule has 3 rings (SSSR count). The van der Waals surface area contributed by atoms with Crippen LogP contribution in [0.2, 0.25) is 0 Å². The zero-order valence-corrected chi connectivity index (χ0v) is 14.7. The van der Waals surface area contributed by atoms with Gasteiger partial charge in [0.05, 0.1) is 13.7 Å². The van der Waals surface area contributed by atoms with Crippen molar-refractivity contribution in [3.8, 4) is 5.75 Å². The van der Waals surface area contributed by atoms with Gasteiger partial charge in [-0.25, -0.2) is 0 Å². The van der Waals surface area contributed by atoms with Crippen molar-refractivity contribution in [3.05, 3.63) is 78.3 Å². The topological polar surface area (TPSA) is 69.0 Å². The van der Waals surface area contributed by atoms with Gasteiger partial charge in [0, 0.05) is 36.3 Å². The van der Waals surface area contributed by atoms with Crippen LogP contribution in [-0.2, 0) is 11.3 Å². The van der Waals surface area contributed by atoms with Gasteiger partial charge < -0.3 is 10.1 Å². The molecule has 0 bridgehead atoms. The van der Waals surface area contributed by atoms with Crippen LogP contribution in [0.25, 0.3) is 5.57 Å². The number of amides is 1. The van der Waals surface area contributed by atoms with Crippen LogP contribution in [-0.4, -0.2) is 27.8 Å². The summed E-state index contributed by atoms with van der Waals surface area (Å²) < 4.78 is 7.09. The van der Waals surface area contributed by atoms with E-state index >= 15 is 0 Å². The van der Waals surface area contributed by atoms with Crippen LogP contribution in [0.5, 0.6) is 5.75 Å². The van der Waals surface area contributed by atoms with Gasteiger partial charge in [-0.3, -0.25) is 14.5 Å². The maximum atomic E-state index is 12.3. The summed E-state index contributed by atoms with van der Waals surface area (Å²) in [5.74, 6) is 0.998. The van der Waals surface area contributed by atoms with Crippen LogP contribution in [0.1, 0.15) is 18.1 Å². The van der Waals surface area contributed by atoms with E-state index in [1.54, 1.807) is 30.3 Å². The van der Waals surface area contributed by atoms with Crippen LogP contribution in [0.4, 0.5) is 5.82 Å². The fourth-order valence-corrected chi connectivity index (χ4v) is 2.60. The molecule has 1 amide bonds. The fourth-order valence-electron chi connectivity index (χ4n) is 2.60. The van der Waals surface area contributed by atoms with E-state index in [4.69, 9.17) is 4.74 Å². The molecule has 0 fully saturated rings. The minimum Gasteiger partial charge on any atom is -0.496 e. The van der Waals surface area contributed by atoms with Crippen molar-refractivity contribution in [1.82, 2.24) is 14.8 Å². The van der Waals surface area contributed by atoms with Crippen LogP contribution >= 0.6 is 0 Å². The molecule has 0 aliphatic heterocycles. The molecule has 0 unspecified atom stereocenters. The number of hydrogen-bond acceptors (Lipinski definition) is 4. The van der Waals surface area contributed by atoms with Crippen molar-refractivity contribution in [1.29, 1.82) is 0 Å². The average molecular weight is 348 g/mol. The molecule has 0 radical (unpaired) electrons. The van der Waals surface area contributed by atoms with Gasteiger partial charge in [-0.1, -0.05) is 24.3 Å². The Morgan fingerprint density at radius 1 is 1.23 bits per heavy atom. The summed E-state index contributed by atoms with van der Waals surface area (Å²) in [7, 11) is 1.61. The Morgan fingerprint density at radius 2 is 2.08 bits per heavy atom. The van der Waals surface area contributed by atoms with Gasteiger partial charge >= 0.3 is 0 Å². The van der Waals surface area contributed by atoms with Gasteiger partial charge in [0.25, 0.3) is 0 Å². The van der Waals surface area contributed by atoms with Crippen molar-refractivity contribution in [3.63, 3.8) is 0 Å². The molecule has 2 aromatic heterocycles. The van der Waals surface area contributed by atoms with E-state index in [-0.39, 0.29) is 5.91 Å². The molecule has 3 aromatic rings. The summed E-state index contributed by atoms with van der Waals surface area (Å²) in [4.78, 5) is 16.4. The summed E-state index contributed by atoms with van der Waals surface area (Å²) in [5.41, 5.74) is 2.74. The van der Waals surface area contributed by atoms with Gasteiger partial charge in [0.2, 0.25) is 5.91 Å². The monoisotopic (exact) mass is 348 g/mol. The lowest BCUT2D eigenvalue weighted by atomic mass is 10.1. The van der Waals surface area contributed by atoms with E-state index in [0.29, 0.717) is 12.4 Å². The number of hydrogen-bond donors (Lipinski definition) is 1. The quantitative estimate of drug-likeness (QED) is 0.694. The number of carbonyl (C=O) groups is 1. The van der Waals surface area contributed by atoms with Crippen LogP contribution < -0.4 is 10.1 Å². The van der Waals surface area contributed by atoms with E-state index in [0.717, 1.165) is 22.4 Å². The number of carbonyl (C=O) groups excluding carboxylic acids is 1. The fraction of sp³-hybridized carbons (Fsp3) is 0.150. The summed E-state index contributed by atoms with van der Waals surface area (Å²) in [5, 5.41) is 7.14. The first kappa shape index (κ1) is 17.4. The smallest absolute Gasteiger partial charge is 0.249 e. The molecular weight excluding hydrogens is 328 g/mol. The first-order valence-electron chi connectivity index (χ1n) is 8.21. The number of allylic oxidation sites excluding steroid dienone is 1. The van der Waals surface area contributed by atoms with Crippen molar-refractivity contribution < 1.29 is 9.53 Å².